The quantitative estimate of drug-likeness (QED) is 0.443. The van der Waals surface area contributed by atoms with Crippen molar-refractivity contribution in [3.05, 3.63) is 60.6 Å². The second-order valence-corrected chi connectivity index (χ2v) is 7.82. The second kappa shape index (κ2) is 7.84. The van der Waals surface area contributed by atoms with Gasteiger partial charge in [0.15, 0.2) is 0 Å². The molecule has 0 unspecified atom stereocenters. The number of para-hydroxylation sites is 1. The van der Waals surface area contributed by atoms with Crippen LogP contribution in [0.3, 0.4) is 0 Å². The molecule has 9 heteroatoms. The Morgan fingerprint density at radius 2 is 2.10 bits per heavy atom. The minimum absolute atomic E-state index is 0.214. The minimum Gasteiger partial charge on any atom is -0.378 e. The molecule has 0 aliphatic carbocycles. The van der Waals surface area contributed by atoms with Gasteiger partial charge in [-0.1, -0.05) is 36.8 Å². The van der Waals surface area contributed by atoms with Crippen LogP contribution in [0.4, 0.5) is 5.69 Å². The third kappa shape index (κ3) is 3.53. The summed E-state index contributed by atoms with van der Waals surface area (Å²) >= 11 is 0. The highest BCUT2D eigenvalue weighted by atomic mass is 16.1. The maximum atomic E-state index is 12.1. The number of nitrogens with one attached hydrogen (secondary N) is 2. The number of hydrogen-bond donors (Lipinski definition) is 3. The van der Waals surface area contributed by atoms with E-state index in [0.29, 0.717) is 17.2 Å². The lowest BCUT2D eigenvalue weighted by molar-refractivity contribution is 0.100. The molecular weight excluding hydrogens is 392 g/mol. The standard InChI is InChI=1S/C22H24N8O/c1-2-14-9-24-11-18(14)26-21-17(22(23)31)10-25-30-12-15(8-20(21)30)19-13-29(28-27-19)16-6-4-3-5-7-16/h3-8,10,12-14,18,24,26H,2,9,11H2,1H3,(H2,23,31)/t14-,18-/m1/s1. The summed E-state index contributed by atoms with van der Waals surface area (Å²) in [5.74, 6) is -0.0246. The number of hydrogen-bond acceptors (Lipinski definition) is 6. The molecule has 158 valence electrons. The van der Waals surface area contributed by atoms with Gasteiger partial charge in [0.2, 0.25) is 0 Å². The summed E-state index contributed by atoms with van der Waals surface area (Å²) in [6.45, 7) is 3.97. The molecular formula is C22H24N8O. The maximum Gasteiger partial charge on any atom is 0.252 e. The number of benzene rings is 1. The Bertz CT molecular complexity index is 1230. The van der Waals surface area contributed by atoms with Crippen LogP contribution in [-0.4, -0.2) is 49.6 Å². The van der Waals surface area contributed by atoms with Gasteiger partial charge < -0.3 is 16.4 Å². The number of fused-ring (bicyclic) bond motifs is 1. The van der Waals surface area contributed by atoms with Gasteiger partial charge in [-0.05, 0) is 24.1 Å². The van der Waals surface area contributed by atoms with E-state index in [0.717, 1.165) is 42.0 Å². The number of amides is 1. The Balaban J connectivity index is 1.55. The Labute approximate surface area is 179 Å². The van der Waals surface area contributed by atoms with Crippen LogP contribution in [0.1, 0.15) is 23.7 Å². The second-order valence-electron chi connectivity index (χ2n) is 7.82. The molecule has 0 spiro atoms. The Hall–Kier alpha value is -3.72. The van der Waals surface area contributed by atoms with Gasteiger partial charge in [0.25, 0.3) is 5.91 Å². The van der Waals surface area contributed by atoms with Gasteiger partial charge in [-0.3, -0.25) is 4.79 Å². The highest BCUT2D eigenvalue weighted by molar-refractivity contribution is 6.02. The summed E-state index contributed by atoms with van der Waals surface area (Å²) in [5.41, 5.74) is 10.0. The van der Waals surface area contributed by atoms with Crippen molar-refractivity contribution in [1.82, 2.24) is 29.9 Å². The van der Waals surface area contributed by atoms with Crippen LogP contribution in [0, 0.1) is 5.92 Å². The first-order chi connectivity index (χ1) is 15.1. The average molecular weight is 416 g/mol. The monoisotopic (exact) mass is 416 g/mol. The number of aromatic nitrogens is 5. The van der Waals surface area contributed by atoms with E-state index in [1.54, 1.807) is 9.20 Å². The fourth-order valence-electron chi connectivity index (χ4n) is 4.15. The van der Waals surface area contributed by atoms with E-state index in [1.165, 1.54) is 6.20 Å². The molecule has 9 nitrogen and oxygen atoms in total. The summed E-state index contributed by atoms with van der Waals surface area (Å²) in [4.78, 5) is 12.1. The number of carbonyl (C=O) groups is 1. The van der Waals surface area contributed by atoms with Gasteiger partial charge in [-0.25, -0.2) is 9.20 Å². The van der Waals surface area contributed by atoms with E-state index in [4.69, 9.17) is 5.73 Å². The molecule has 0 radical (unpaired) electrons. The number of primary amides is 1. The third-order valence-electron chi connectivity index (χ3n) is 5.91. The van der Waals surface area contributed by atoms with Crippen LogP contribution in [0.15, 0.2) is 55.0 Å². The lowest BCUT2D eigenvalue weighted by Crippen LogP contribution is -2.30. The smallest absolute Gasteiger partial charge is 0.252 e. The fourth-order valence-corrected chi connectivity index (χ4v) is 4.15. The molecule has 2 atom stereocenters. The SMILES string of the molecule is CC[C@@H]1CNC[C@H]1Nc1c(C(N)=O)cnn2cc(-c3cn(-c4ccccc4)nn3)cc12. The summed E-state index contributed by atoms with van der Waals surface area (Å²) in [5, 5.41) is 19.9. The third-order valence-corrected chi connectivity index (χ3v) is 5.91. The van der Waals surface area contributed by atoms with Crippen LogP contribution < -0.4 is 16.4 Å². The molecule has 5 rings (SSSR count). The molecule has 31 heavy (non-hydrogen) atoms. The van der Waals surface area contributed by atoms with Crippen molar-refractivity contribution in [3.63, 3.8) is 0 Å². The van der Waals surface area contributed by atoms with Gasteiger partial charge in [0.05, 0.1) is 34.8 Å². The fraction of sp³-hybridized carbons (Fsp3) is 0.273. The normalized spacial score (nSPS) is 18.5. The Morgan fingerprint density at radius 3 is 2.87 bits per heavy atom. The van der Waals surface area contributed by atoms with E-state index < -0.39 is 5.91 Å². The summed E-state index contributed by atoms with van der Waals surface area (Å²) in [6.07, 6.45) is 6.33. The molecule has 3 aromatic heterocycles. The Kier molecular flexibility index (Phi) is 4.87. The molecule has 0 saturated carbocycles. The molecule has 4 N–H and O–H groups in total. The maximum absolute atomic E-state index is 12.1. The van der Waals surface area contributed by atoms with E-state index in [1.807, 2.05) is 48.8 Å². The van der Waals surface area contributed by atoms with Gasteiger partial charge in [-0.15, -0.1) is 5.10 Å². The van der Waals surface area contributed by atoms with Gasteiger partial charge in [0.1, 0.15) is 5.69 Å². The van der Waals surface area contributed by atoms with Crippen molar-refractivity contribution in [2.45, 2.75) is 19.4 Å². The number of anilines is 1. The highest BCUT2D eigenvalue weighted by Gasteiger charge is 2.27. The van der Waals surface area contributed by atoms with Crippen molar-refractivity contribution in [2.75, 3.05) is 18.4 Å². The molecule has 1 aliphatic heterocycles. The minimum atomic E-state index is -0.505. The molecule has 0 bridgehead atoms. The molecule has 4 heterocycles. The van der Waals surface area contributed by atoms with Crippen molar-refractivity contribution in [2.24, 2.45) is 11.7 Å². The van der Waals surface area contributed by atoms with Crippen LogP contribution >= 0.6 is 0 Å². The molecule has 4 aromatic rings. The average Bonchev–Trinajstić information content (AvgIpc) is 3.53. The lowest BCUT2D eigenvalue weighted by atomic mass is 10.00. The van der Waals surface area contributed by atoms with Gasteiger partial charge >= 0.3 is 0 Å². The van der Waals surface area contributed by atoms with Gasteiger partial charge in [0, 0.05) is 30.9 Å². The number of rotatable bonds is 6. The summed E-state index contributed by atoms with van der Waals surface area (Å²) < 4.78 is 3.48. The van der Waals surface area contributed by atoms with E-state index >= 15 is 0 Å². The Morgan fingerprint density at radius 1 is 1.26 bits per heavy atom. The largest absolute Gasteiger partial charge is 0.378 e. The van der Waals surface area contributed by atoms with E-state index in [-0.39, 0.29) is 6.04 Å². The summed E-state index contributed by atoms with van der Waals surface area (Å²) in [6, 6.07) is 12.0. The first kappa shape index (κ1) is 19.3. The van der Waals surface area contributed by atoms with Crippen LogP contribution in [0.25, 0.3) is 22.5 Å². The lowest BCUT2D eigenvalue weighted by Gasteiger charge is -2.21. The summed E-state index contributed by atoms with van der Waals surface area (Å²) in [7, 11) is 0. The van der Waals surface area contributed by atoms with Crippen LogP contribution in [0.2, 0.25) is 0 Å². The molecule has 1 fully saturated rings. The predicted molar refractivity (Wildman–Crippen MR) is 118 cm³/mol. The molecule has 1 amide bonds. The van der Waals surface area contributed by atoms with Gasteiger partial charge in [-0.2, -0.15) is 5.10 Å². The van der Waals surface area contributed by atoms with E-state index in [9.17, 15) is 4.79 Å². The van der Waals surface area contributed by atoms with Crippen molar-refractivity contribution >= 4 is 17.1 Å². The van der Waals surface area contributed by atoms with Crippen molar-refractivity contribution < 1.29 is 4.79 Å². The van der Waals surface area contributed by atoms with Crippen LogP contribution in [-0.2, 0) is 0 Å². The molecule has 1 saturated heterocycles. The molecule has 1 aliphatic rings. The number of carbonyl (C=O) groups excluding carboxylic acids is 1. The number of nitrogens with zero attached hydrogens (tertiary/aromatic N) is 5. The van der Waals surface area contributed by atoms with Crippen molar-refractivity contribution in [1.29, 1.82) is 0 Å². The van der Waals surface area contributed by atoms with Crippen LogP contribution in [0.5, 0.6) is 0 Å². The zero-order valence-electron chi connectivity index (χ0n) is 17.2. The first-order valence-corrected chi connectivity index (χ1v) is 10.4. The first-order valence-electron chi connectivity index (χ1n) is 10.4. The van der Waals surface area contributed by atoms with E-state index in [2.05, 4.69) is 33.0 Å². The molecule has 1 aromatic carbocycles. The topological polar surface area (TPSA) is 115 Å². The zero-order chi connectivity index (χ0) is 21.4. The zero-order valence-corrected chi connectivity index (χ0v) is 17.2. The highest BCUT2D eigenvalue weighted by Crippen LogP contribution is 2.30. The van der Waals surface area contributed by atoms with Crippen molar-refractivity contribution in [3.8, 4) is 16.9 Å². The number of nitrogens with two attached hydrogens (primary N) is 1. The predicted octanol–water partition coefficient (Wildman–Crippen LogP) is 2.09.